The zero-order chi connectivity index (χ0) is 37.3. The van der Waals surface area contributed by atoms with Crippen LogP contribution in [0.3, 0.4) is 0 Å². The molecule has 0 unspecified atom stereocenters. The summed E-state index contributed by atoms with van der Waals surface area (Å²) >= 11 is 14.0. The molecule has 1 atom stereocenters. The van der Waals surface area contributed by atoms with Crippen LogP contribution in [0.1, 0.15) is 61.7 Å². The number of pyridine rings is 1. The lowest BCUT2D eigenvalue weighted by atomic mass is 10.00. The van der Waals surface area contributed by atoms with Gasteiger partial charge in [0.1, 0.15) is 5.60 Å². The van der Waals surface area contributed by atoms with Crippen molar-refractivity contribution in [3.05, 3.63) is 81.4 Å². The fourth-order valence-corrected chi connectivity index (χ4v) is 7.30. The van der Waals surface area contributed by atoms with Crippen molar-refractivity contribution >= 4 is 46.8 Å². The topological polar surface area (TPSA) is 131 Å². The molecule has 2 aliphatic heterocycles. The van der Waals surface area contributed by atoms with Crippen LogP contribution in [-0.4, -0.2) is 80.6 Å². The maximum Gasteiger partial charge on any atom is 0.410 e. The molecule has 2 N–H and O–H groups in total. The Kier molecular flexibility index (Phi) is 10.8. The third-order valence-electron chi connectivity index (χ3n) is 9.13. The maximum atomic E-state index is 13.6. The van der Waals surface area contributed by atoms with Crippen LogP contribution in [-0.2, 0) is 36.1 Å². The lowest BCUT2D eigenvalue weighted by Crippen LogP contribution is -2.40. The zero-order valence-corrected chi connectivity index (χ0v) is 31.7. The number of ether oxygens (including phenoxy) is 2. The van der Waals surface area contributed by atoms with Gasteiger partial charge in [0.25, 0.3) is 5.91 Å². The number of carbonyl (C=O) groups excluding carboxylic acids is 3. The normalized spacial score (nSPS) is 16.0. The minimum Gasteiger partial charge on any atom is -0.481 e. The quantitative estimate of drug-likeness (QED) is 0.203. The maximum absolute atomic E-state index is 13.6. The number of amides is 3. The van der Waals surface area contributed by atoms with Gasteiger partial charge >= 0.3 is 6.09 Å². The van der Waals surface area contributed by atoms with Crippen molar-refractivity contribution in [2.24, 2.45) is 7.05 Å². The monoisotopic (exact) mass is 747 g/mol. The summed E-state index contributed by atoms with van der Waals surface area (Å²) in [6.07, 6.45) is 1.02. The van der Waals surface area contributed by atoms with E-state index in [2.05, 4.69) is 20.5 Å². The van der Waals surface area contributed by atoms with Crippen LogP contribution in [0.4, 0.5) is 10.5 Å². The number of anilines is 1. The second-order valence-electron chi connectivity index (χ2n) is 14.1. The highest BCUT2D eigenvalue weighted by molar-refractivity contribution is 6.39. The van der Waals surface area contributed by atoms with E-state index in [1.807, 2.05) is 57.2 Å². The molecule has 12 nitrogen and oxygen atoms in total. The van der Waals surface area contributed by atoms with Gasteiger partial charge in [-0.1, -0.05) is 59.6 Å². The molecule has 2 aliphatic rings. The first-order valence-corrected chi connectivity index (χ1v) is 17.9. The van der Waals surface area contributed by atoms with Gasteiger partial charge < -0.3 is 29.6 Å². The summed E-state index contributed by atoms with van der Waals surface area (Å²) in [6, 6.07) is 15.0. The highest BCUT2D eigenvalue weighted by Crippen LogP contribution is 2.41. The van der Waals surface area contributed by atoms with Gasteiger partial charge in [-0.3, -0.25) is 14.5 Å². The number of halogens is 2. The highest BCUT2D eigenvalue weighted by atomic mass is 35.5. The molecule has 2 aromatic heterocycles. The number of hydrogen-bond donors (Lipinski definition) is 2. The average molecular weight is 749 g/mol. The molecule has 0 spiro atoms. The van der Waals surface area contributed by atoms with Crippen molar-refractivity contribution in [2.45, 2.75) is 65.3 Å². The second kappa shape index (κ2) is 15.1. The minimum absolute atomic E-state index is 0.0226. The zero-order valence-electron chi connectivity index (χ0n) is 30.2. The molecule has 1 saturated heterocycles. The molecule has 274 valence electrons. The lowest BCUT2D eigenvalue weighted by Gasteiger charge is -2.29. The molecule has 4 aromatic rings. The Morgan fingerprint density at radius 2 is 1.67 bits per heavy atom. The summed E-state index contributed by atoms with van der Waals surface area (Å²) in [5.74, 6) is 0.248. The van der Waals surface area contributed by atoms with Gasteiger partial charge in [0.15, 0.2) is 5.82 Å². The largest absolute Gasteiger partial charge is 0.481 e. The summed E-state index contributed by atoms with van der Waals surface area (Å²) < 4.78 is 13.0. The van der Waals surface area contributed by atoms with Crippen molar-refractivity contribution in [3.8, 4) is 28.3 Å². The van der Waals surface area contributed by atoms with E-state index >= 15 is 0 Å². The third-order valence-corrected chi connectivity index (χ3v) is 9.94. The first-order valence-electron chi connectivity index (χ1n) is 17.2. The van der Waals surface area contributed by atoms with Crippen molar-refractivity contribution < 1.29 is 23.9 Å². The molecular formula is C38H43Cl2N7O5. The molecule has 0 aliphatic carbocycles. The Balaban J connectivity index is 1.20. The molecule has 14 heteroatoms. The molecule has 0 radical (unpaired) electrons. The van der Waals surface area contributed by atoms with Crippen LogP contribution in [0, 0.1) is 0 Å². The summed E-state index contributed by atoms with van der Waals surface area (Å²) in [5.41, 5.74) is 4.88. The number of aromatic nitrogens is 3. The number of hydrogen-bond acceptors (Lipinski definition) is 8. The number of carbonyl (C=O) groups is 3. The van der Waals surface area contributed by atoms with Crippen molar-refractivity contribution in [1.29, 1.82) is 0 Å². The number of nitrogens with one attached hydrogen (secondary N) is 2. The molecular weight excluding hydrogens is 705 g/mol. The standard InChI is InChI=1S/C38H43Cl2N7O5/c1-22(48)41-24-15-17-46(20-24)19-23-13-14-28(44-36(23)51-6)27-11-7-9-25(32(27)39)26-10-8-12-29(33(26)40)43-35(49)34-42-30-21-47(18-16-31(30)45(34)5)37(50)52-38(2,3)4/h7-14,24H,15-21H2,1-6H3,(H,41,48)(H,43,49)/t24-/m1/s1. The van der Waals surface area contributed by atoms with E-state index in [1.54, 1.807) is 35.8 Å². The number of likely N-dealkylation sites (tertiary alicyclic amines) is 1. The van der Waals surface area contributed by atoms with Crippen LogP contribution in [0.2, 0.25) is 10.0 Å². The van der Waals surface area contributed by atoms with E-state index in [1.165, 1.54) is 6.92 Å². The first kappa shape index (κ1) is 37.1. The SMILES string of the molecule is COc1nc(-c2cccc(-c3cccc(NC(=O)c4nc5c(n4C)CCN(C(=O)OC(C)(C)C)C5)c3Cl)c2Cl)ccc1CN1CC[C@@H](NC(C)=O)C1. The fraction of sp³-hybridized carbons (Fsp3) is 0.395. The number of nitrogens with zero attached hydrogens (tertiary/aromatic N) is 5. The van der Waals surface area contributed by atoms with Gasteiger partial charge in [0.2, 0.25) is 11.8 Å². The molecule has 4 heterocycles. The minimum atomic E-state index is -0.614. The Bertz CT molecular complexity index is 2030. The van der Waals surface area contributed by atoms with Crippen molar-refractivity contribution in [1.82, 2.24) is 29.7 Å². The molecule has 3 amide bonds. The summed E-state index contributed by atoms with van der Waals surface area (Å²) in [6.45, 7) is 9.98. The smallest absolute Gasteiger partial charge is 0.410 e. The average Bonchev–Trinajstić information content (AvgIpc) is 3.67. The van der Waals surface area contributed by atoms with E-state index in [0.29, 0.717) is 69.2 Å². The highest BCUT2D eigenvalue weighted by Gasteiger charge is 2.31. The Hall–Kier alpha value is -4.65. The molecule has 6 rings (SSSR count). The molecule has 1 fully saturated rings. The van der Waals surface area contributed by atoms with Gasteiger partial charge in [-0.15, -0.1) is 0 Å². The molecule has 52 heavy (non-hydrogen) atoms. The van der Waals surface area contributed by atoms with Gasteiger partial charge in [-0.05, 0) is 39.3 Å². The number of rotatable bonds is 8. The number of fused-ring (bicyclic) bond motifs is 1. The van der Waals surface area contributed by atoms with Crippen LogP contribution in [0.5, 0.6) is 5.88 Å². The van der Waals surface area contributed by atoms with E-state index in [4.69, 9.17) is 37.7 Å². The second-order valence-corrected chi connectivity index (χ2v) is 14.9. The number of methoxy groups -OCH3 is 1. The van der Waals surface area contributed by atoms with Gasteiger partial charge in [-0.2, -0.15) is 0 Å². The van der Waals surface area contributed by atoms with Crippen molar-refractivity contribution in [2.75, 3.05) is 32.1 Å². The van der Waals surface area contributed by atoms with E-state index in [-0.39, 0.29) is 24.3 Å². The Morgan fingerprint density at radius 3 is 2.38 bits per heavy atom. The number of benzene rings is 2. The van der Waals surface area contributed by atoms with Gasteiger partial charge in [0, 0.05) is 80.6 Å². The summed E-state index contributed by atoms with van der Waals surface area (Å²) in [5, 5.41) is 6.68. The molecule has 2 aromatic carbocycles. The summed E-state index contributed by atoms with van der Waals surface area (Å²) in [4.78, 5) is 51.1. The molecule has 0 saturated carbocycles. The Labute approximate surface area is 313 Å². The predicted molar refractivity (Wildman–Crippen MR) is 201 cm³/mol. The third kappa shape index (κ3) is 8.04. The lowest BCUT2D eigenvalue weighted by molar-refractivity contribution is -0.119. The summed E-state index contributed by atoms with van der Waals surface area (Å²) in [7, 11) is 3.38. The van der Waals surface area contributed by atoms with E-state index < -0.39 is 17.6 Å². The number of imidazole rings is 1. The fourth-order valence-electron chi connectivity index (χ4n) is 6.70. The first-order chi connectivity index (χ1) is 24.7. The van der Waals surface area contributed by atoms with Gasteiger partial charge in [0.05, 0.1) is 40.8 Å². The van der Waals surface area contributed by atoms with Crippen LogP contribution >= 0.6 is 23.2 Å². The van der Waals surface area contributed by atoms with Crippen LogP contribution in [0.25, 0.3) is 22.4 Å². The Morgan fingerprint density at radius 1 is 0.962 bits per heavy atom. The van der Waals surface area contributed by atoms with Crippen LogP contribution < -0.4 is 15.4 Å². The van der Waals surface area contributed by atoms with Crippen molar-refractivity contribution in [3.63, 3.8) is 0 Å². The molecule has 0 bridgehead atoms. The van der Waals surface area contributed by atoms with Gasteiger partial charge in [-0.25, -0.2) is 14.8 Å². The van der Waals surface area contributed by atoms with E-state index in [9.17, 15) is 14.4 Å². The van der Waals surface area contributed by atoms with Crippen LogP contribution in [0.15, 0.2) is 48.5 Å². The predicted octanol–water partition coefficient (Wildman–Crippen LogP) is 6.72. The van der Waals surface area contributed by atoms with E-state index in [0.717, 1.165) is 30.8 Å².